The van der Waals surface area contributed by atoms with E-state index in [2.05, 4.69) is 313 Å². The van der Waals surface area contributed by atoms with Gasteiger partial charge in [0.15, 0.2) is 0 Å². The van der Waals surface area contributed by atoms with Crippen LogP contribution in [0.4, 0.5) is 8.78 Å². The quantitative estimate of drug-likeness (QED) is 0.227. The molecule has 20 aliphatic rings. The molecule has 0 radical (unpaired) electrons. The van der Waals surface area contributed by atoms with Crippen LogP contribution in [0.1, 0.15) is 468 Å². The first-order valence-corrected chi connectivity index (χ1v) is 50.5. The van der Waals surface area contributed by atoms with Crippen molar-refractivity contribution < 1.29 is 8.78 Å². The number of benzene rings is 1. The van der Waals surface area contributed by atoms with Crippen LogP contribution in [0.5, 0.6) is 0 Å². The van der Waals surface area contributed by atoms with Gasteiger partial charge in [-0.3, -0.25) is 0 Å². The number of rotatable bonds is 0. The Morgan fingerprint density at radius 2 is 0.656 bits per heavy atom. The summed E-state index contributed by atoms with van der Waals surface area (Å²) in [6.07, 6.45) is 35.3. The minimum atomic E-state index is -1.29. The van der Waals surface area contributed by atoms with E-state index in [-0.39, 0.29) is 6.42 Å². The van der Waals surface area contributed by atoms with Gasteiger partial charge in [-0.25, -0.2) is 8.78 Å². The van der Waals surface area contributed by atoms with E-state index in [0.717, 1.165) is 47.3 Å². The lowest BCUT2D eigenvalue weighted by Crippen LogP contribution is -2.34. The standard InChI is InChI=1S/C17H30.C14H24.C13H14.2C13H22.C12H20.C11H18.C9H12F2.C9H14.C9H12/c1-12-13(2)17(15(6,7)8)10-9-16(12,11-17)14(3,4)5;1-10-11(2)14(12(3,4)5)8-7-13(10,6)9-14;1-8-9(2)13-7-12(8)10-5-3-4-6-11(10)13;1-9-10(2)13(6)8-7-12(9,5)11(13,3)4;1-9-10(2)13(12(3,4)5)7-6-11(9)8-13;1-8-9(2)12(5)7-6-10(8)11(12,3)4;1-8-9(2)11(4)6-5-10(8,3)7-11;1-6-7(2)9(11)4-3-8(6,10)5-9;2*1-6-7(2)9-4-3-8(6)5-9/h9-11H2,1-8H3;7-9H2,1-6H3;3-6,12-13H,7H2,1-2H3;7-8H2,1-6H3;11H,6-8H2,1-5H3;10H,6-7H2,1-5H3;5-7H2,1-4H3;3-5H2,1-2H3;8-9H,3-5H2,1-2H3;3-4,8-9H,5H2,1-2H3. The van der Waals surface area contributed by atoms with Gasteiger partial charge in [0.2, 0.25) is 0 Å². The summed E-state index contributed by atoms with van der Waals surface area (Å²) in [5.74, 6) is 6.93. The molecular weight excluding hydrogens is 1480 g/mol. The second-order valence-corrected chi connectivity index (χ2v) is 53.0. The molecule has 0 nitrogen and oxygen atoms in total. The maximum atomic E-state index is 13.7. The van der Waals surface area contributed by atoms with Crippen molar-refractivity contribution in [1.29, 1.82) is 0 Å². The van der Waals surface area contributed by atoms with Gasteiger partial charge in [-0.05, 0) is 431 Å². The Morgan fingerprint density at radius 1 is 0.279 bits per heavy atom. The number of hydrogen-bond donors (Lipinski definition) is 0. The highest BCUT2D eigenvalue weighted by Crippen LogP contribution is 2.77. The second kappa shape index (κ2) is 31.5. The first-order chi connectivity index (χ1) is 55.6. The Bertz CT molecular complexity index is 4420. The normalized spacial score (nSPS) is 41.6. The Kier molecular flexibility index (Phi) is 25.1. The third kappa shape index (κ3) is 14.5. The third-order valence-electron chi connectivity index (χ3n) is 45.8. The molecule has 0 heterocycles. The number of fused-ring (bicyclic) bond motifs is 23. The predicted molar refractivity (Wildman–Crippen MR) is 528 cm³/mol. The Morgan fingerprint density at radius 3 is 0.902 bits per heavy atom. The van der Waals surface area contributed by atoms with Gasteiger partial charge in [-0.1, -0.05) is 289 Å². The van der Waals surface area contributed by atoms with E-state index in [1.807, 2.05) is 0 Å². The third-order valence-corrected chi connectivity index (χ3v) is 45.8. The predicted octanol–water partition coefficient (Wildman–Crippen LogP) is 37.6. The van der Waals surface area contributed by atoms with Crippen LogP contribution in [0.15, 0.2) is 148 Å². The number of allylic oxidation sites excluding steroid dienone is 22. The van der Waals surface area contributed by atoms with Gasteiger partial charge in [0.05, 0.1) is 0 Å². The van der Waals surface area contributed by atoms with Crippen LogP contribution < -0.4 is 0 Å². The van der Waals surface area contributed by atoms with Crippen molar-refractivity contribution in [3.05, 3.63) is 159 Å². The van der Waals surface area contributed by atoms with Crippen LogP contribution in [-0.2, 0) is 0 Å². The smallest absolute Gasteiger partial charge is 0.135 e. The fourth-order valence-electron chi connectivity index (χ4n) is 32.9. The van der Waals surface area contributed by atoms with Gasteiger partial charge >= 0.3 is 0 Å². The Labute approximate surface area is 753 Å². The molecule has 0 N–H and O–H groups in total. The molecule has 0 spiro atoms. The van der Waals surface area contributed by atoms with Crippen molar-refractivity contribution in [2.45, 2.75) is 468 Å². The summed E-state index contributed by atoms with van der Waals surface area (Å²) in [4.78, 5) is 0. The van der Waals surface area contributed by atoms with Crippen LogP contribution in [0.3, 0.4) is 0 Å². The van der Waals surface area contributed by atoms with Crippen molar-refractivity contribution in [2.24, 2.45) is 122 Å². The van der Waals surface area contributed by atoms with Crippen molar-refractivity contribution in [1.82, 2.24) is 0 Å². The zero-order chi connectivity index (χ0) is 91.5. The minimum absolute atomic E-state index is 0.0810. The molecule has 20 unspecified atom stereocenters. The maximum absolute atomic E-state index is 13.7. The SMILES string of the molecule is CC1=C(C)C2(C(C)(C)C)CCC1(C(C)(C)C)C2.CC1=C(C)C2(C(C)(C)C)CCC1(C)C2.CC1=C(C)C2(C(C)(C)C)CCC1C2.CC1=C(C)C2(C)CCC1(C)C2.CC1=C(C)C2(C)CCC1(C)C2(C)C.CC1=C(C)C2(C)CCC1C2(C)C.CC1=C(C)C2(F)CCC1(F)C2.CC1=C(C)C2C=CC1C2.CC1=C(C)C2CC1c1ccccc12.CC1=C(C)C2CCC1C2. The molecule has 20 bridgehead atoms. The molecular formula is C120H188F2. The van der Waals surface area contributed by atoms with E-state index >= 15 is 0 Å². The molecule has 0 saturated heterocycles. The Balaban J connectivity index is 0.000000124. The van der Waals surface area contributed by atoms with Crippen LogP contribution in [0.2, 0.25) is 0 Å². The van der Waals surface area contributed by atoms with E-state index in [0.29, 0.717) is 111 Å². The van der Waals surface area contributed by atoms with E-state index in [1.165, 1.54) is 135 Å². The average molecular weight is 1670 g/mol. The zero-order valence-corrected chi connectivity index (χ0v) is 87.8. The summed E-state index contributed by atoms with van der Waals surface area (Å²) in [7, 11) is 0. The maximum Gasteiger partial charge on any atom is 0.135 e. The molecule has 8 fully saturated rings. The van der Waals surface area contributed by atoms with Crippen LogP contribution in [0, 0.1) is 122 Å². The van der Waals surface area contributed by atoms with Crippen molar-refractivity contribution in [2.75, 3.05) is 0 Å². The summed E-state index contributed by atoms with van der Waals surface area (Å²) in [6, 6.07) is 8.94. The van der Waals surface area contributed by atoms with Gasteiger partial charge in [-0.15, -0.1) is 0 Å². The average Bonchev–Trinajstić information content (AvgIpc) is 1.50. The summed E-state index contributed by atoms with van der Waals surface area (Å²) >= 11 is 0. The molecule has 8 saturated carbocycles. The first kappa shape index (κ1) is 97.3. The lowest BCUT2D eigenvalue weighted by Gasteiger charge is -2.42. The molecule has 682 valence electrons. The molecule has 0 aliphatic heterocycles. The number of hydrogen-bond acceptors (Lipinski definition) is 0. The highest BCUT2D eigenvalue weighted by Gasteiger charge is 2.67. The number of alkyl halides is 2. The van der Waals surface area contributed by atoms with Crippen molar-refractivity contribution in [3.63, 3.8) is 0 Å². The molecule has 21 rings (SSSR count). The molecule has 1 aromatic rings. The van der Waals surface area contributed by atoms with Gasteiger partial charge in [-0.2, -0.15) is 0 Å². The molecule has 0 amide bonds. The van der Waals surface area contributed by atoms with E-state index < -0.39 is 11.3 Å². The lowest BCUT2D eigenvalue weighted by molar-refractivity contribution is 0.107. The molecule has 2 heteroatoms. The van der Waals surface area contributed by atoms with Gasteiger partial charge in [0, 0.05) is 18.3 Å². The van der Waals surface area contributed by atoms with Crippen LogP contribution >= 0.6 is 0 Å². The zero-order valence-electron chi connectivity index (χ0n) is 87.8. The summed E-state index contributed by atoms with van der Waals surface area (Å²) < 4.78 is 27.3. The minimum Gasteiger partial charge on any atom is -0.239 e. The molecule has 0 aromatic heterocycles. The Hall–Kier alpha value is -3.78. The first-order valence-electron chi connectivity index (χ1n) is 50.5. The fourth-order valence-corrected chi connectivity index (χ4v) is 32.9. The van der Waals surface area contributed by atoms with E-state index in [4.69, 9.17) is 0 Å². The molecule has 1 aromatic carbocycles. The van der Waals surface area contributed by atoms with Gasteiger partial charge < -0.3 is 0 Å². The summed E-state index contributed by atoms with van der Waals surface area (Å²) in [6.45, 7) is 99.2. The van der Waals surface area contributed by atoms with Gasteiger partial charge in [0.25, 0.3) is 0 Å². The largest absolute Gasteiger partial charge is 0.239 e. The van der Waals surface area contributed by atoms with E-state index in [1.54, 1.807) is 125 Å². The summed E-state index contributed by atoms with van der Waals surface area (Å²) in [5.41, 5.74) is 40.1. The topological polar surface area (TPSA) is 0 Å². The highest BCUT2D eigenvalue weighted by molar-refractivity contribution is 5.54. The van der Waals surface area contributed by atoms with Gasteiger partial charge in [0.1, 0.15) is 11.3 Å². The van der Waals surface area contributed by atoms with Crippen LogP contribution in [0.25, 0.3) is 0 Å². The van der Waals surface area contributed by atoms with E-state index in [9.17, 15) is 8.78 Å². The van der Waals surface area contributed by atoms with Crippen molar-refractivity contribution in [3.8, 4) is 0 Å². The van der Waals surface area contributed by atoms with Crippen LogP contribution in [-0.4, -0.2) is 11.3 Å². The highest BCUT2D eigenvalue weighted by atomic mass is 19.2. The molecule has 20 atom stereocenters. The molecule has 20 aliphatic carbocycles. The monoisotopic (exact) mass is 1670 g/mol. The second-order valence-electron chi connectivity index (χ2n) is 53.0. The summed E-state index contributed by atoms with van der Waals surface area (Å²) in [5, 5.41) is 0. The van der Waals surface area contributed by atoms with Crippen molar-refractivity contribution >= 4 is 0 Å². The fraction of sp³-hybridized carbons (Fsp3) is 0.767. The molecule has 122 heavy (non-hydrogen) atoms. The lowest BCUT2D eigenvalue weighted by atomic mass is 9.62. The number of halogens is 2.